The lowest BCUT2D eigenvalue weighted by molar-refractivity contribution is -0.160. The highest BCUT2D eigenvalue weighted by molar-refractivity contribution is 6.31. The van der Waals surface area contributed by atoms with E-state index in [2.05, 4.69) is 16.0 Å². The third-order valence-corrected chi connectivity index (χ3v) is 22.3. The largest absolute Gasteiger partial charge is 0.417 e. The van der Waals surface area contributed by atoms with Gasteiger partial charge in [0, 0.05) is 81.8 Å². The first-order valence-electron chi connectivity index (χ1n) is 36.3. The Labute approximate surface area is 614 Å². The molecule has 0 unspecified atom stereocenters. The van der Waals surface area contributed by atoms with Crippen molar-refractivity contribution >= 4 is 82.5 Å². The summed E-state index contributed by atoms with van der Waals surface area (Å²) in [4.78, 5) is 192. The number of nitrogens with one attached hydrogen (secondary N) is 3. The Kier molecular flexibility index (Phi) is 28.5. The van der Waals surface area contributed by atoms with E-state index in [4.69, 9.17) is 11.6 Å². The Bertz CT molecular complexity index is 3610. The molecule has 24 nitrogen and oxygen atoms in total. The molecule has 3 N–H and O–H groups in total. The highest BCUT2D eigenvalue weighted by Crippen LogP contribution is 2.37. The maximum Gasteiger partial charge on any atom is 0.417 e. The minimum absolute atomic E-state index is 0.0601. The van der Waals surface area contributed by atoms with Crippen LogP contribution < -0.4 is 16.0 Å². The Morgan fingerprint density at radius 3 is 1.77 bits per heavy atom. The third-order valence-electron chi connectivity index (χ3n) is 22.0. The molecule has 11 atom stereocenters. The van der Waals surface area contributed by atoms with Gasteiger partial charge in [0.15, 0.2) is 0 Å². The molecule has 0 bridgehead atoms. The quantitative estimate of drug-likeness (QED) is 0.187. The summed E-state index contributed by atoms with van der Waals surface area (Å²) in [7, 11) is 9.71. The van der Waals surface area contributed by atoms with Crippen LogP contribution in [0.15, 0.2) is 72.8 Å². The Balaban J connectivity index is 1.33. The maximum atomic E-state index is 15.7. The minimum atomic E-state index is -4.79. The van der Waals surface area contributed by atoms with Crippen LogP contribution >= 0.6 is 11.6 Å². The number of aryl methyl sites for hydroxylation is 2. The fraction of sp³-hybridized carbons (Fsp3) is 0.605. The lowest BCUT2D eigenvalue weighted by Gasteiger charge is -2.45. The molecule has 3 aliphatic heterocycles. The van der Waals surface area contributed by atoms with Crippen molar-refractivity contribution in [2.24, 2.45) is 11.8 Å². The number of alkyl halides is 3. The molecule has 28 heteroatoms. The molecule has 1 spiro atoms. The molecular weight excluding hydrogens is 1370 g/mol. The van der Waals surface area contributed by atoms with Gasteiger partial charge >= 0.3 is 6.18 Å². The zero-order chi connectivity index (χ0) is 77.0. The average Bonchev–Trinajstić information content (AvgIpc) is 1.33. The zero-order valence-corrected chi connectivity index (χ0v) is 63.4. The molecule has 4 fully saturated rings. The summed E-state index contributed by atoms with van der Waals surface area (Å²) in [6.45, 7) is 12.1. The second-order valence-corrected chi connectivity index (χ2v) is 29.5. The topological polar surface area (TPSA) is 270 Å². The molecule has 3 aromatic carbocycles. The number of nitrogens with zero attached hydrogens (tertiary/aromatic N) is 9. The van der Waals surface area contributed by atoms with E-state index in [1.165, 1.54) is 93.7 Å². The maximum absolute atomic E-state index is 15.7. The Morgan fingerprint density at radius 2 is 1.19 bits per heavy atom. The number of halogens is 4. The zero-order valence-electron chi connectivity index (χ0n) is 62.6. The summed E-state index contributed by atoms with van der Waals surface area (Å²) in [5, 5.41) is 8.03. The smallest absolute Gasteiger partial charge is 0.343 e. The van der Waals surface area contributed by atoms with Crippen molar-refractivity contribution in [1.29, 1.82) is 0 Å². The van der Waals surface area contributed by atoms with E-state index in [0.29, 0.717) is 62.7 Å². The van der Waals surface area contributed by atoms with Crippen LogP contribution in [0.3, 0.4) is 0 Å². The summed E-state index contributed by atoms with van der Waals surface area (Å²) in [6, 6.07) is 7.24. The van der Waals surface area contributed by atoms with Gasteiger partial charge in [0.05, 0.1) is 23.6 Å². The van der Waals surface area contributed by atoms with Crippen LogP contribution in [-0.2, 0) is 83.0 Å². The molecule has 1 aliphatic carbocycles. The molecule has 0 aromatic heterocycles. The molecule has 12 amide bonds. The van der Waals surface area contributed by atoms with Gasteiger partial charge in [-0.15, -0.1) is 0 Å². The molecule has 3 saturated heterocycles. The van der Waals surface area contributed by atoms with Crippen LogP contribution in [0.1, 0.15) is 146 Å². The van der Waals surface area contributed by atoms with Crippen LogP contribution in [0.2, 0.25) is 5.02 Å². The first-order valence-corrected chi connectivity index (χ1v) is 36.7. The summed E-state index contributed by atoms with van der Waals surface area (Å²) in [5.41, 5.74) is -0.379. The van der Waals surface area contributed by atoms with Gasteiger partial charge in [0.2, 0.25) is 70.9 Å². The van der Waals surface area contributed by atoms with E-state index >= 15 is 24.0 Å². The standard InChI is InChI=1S/C76H106ClF3N12O12/c1-15-47(4)63-72(102)86(10)50(7)67(97)92-40-35-57(92)70(100)88(12)59(43-53-29-27-46(3)28-30-53)69(99)84(8)45-61(93)81-56(34-32-52-31-33-54(55(77)41-52)76(78,79)80)68(98)87(11)58(42-51-25-19-17-20-26-51)66(96)83-75(36-21-22-37-75)74(104)90(14)64(48(5)16-2)73(103)89(13)60(71(101)91-38-23-18-24-39-91)44-62(94)85(9)49(6)65(95)82-63/h17,19-20,25-31,33,41,47-50,56-60,63-64H,15-16,18,21-24,32,34-40,42-45H2,1-14H3,(H,81,93)(H,82,95)(H,83,96)/t47-,48-,49-,50+,56-,57-,58+,59-,60-,63-,64-/m0/s1. The van der Waals surface area contributed by atoms with Crippen molar-refractivity contribution in [3.63, 3.8) is 0 Å². The third kappa shape index (κ3) is 19.5. The van der Waals surface area contributed by atoms with Gasteiger partial charge in [-0.25, -0.2) is 0 Å². The molecule has 0 radical (unpaired) electrons. The highest BCUT2D eigenvalue weighted by atomic mass is 35.5. The van der Waals surface area contributed by atoms with Gasteiger partial charge in [0.1, 0.15) is 59.9 Å². The SMILES string of the molecule is CC[C@H](C)[C@@H]1NC(=O)[C@H](C)N(C)C(=O)C[C@@H](C(=O)N2CCCCC2)N(C)C(=O)[C@H]([C@@H](C)CC)N(C)C(=O)C2(CCCC2)NC(=O)[C@@H](Cc2ccccc2)N(C)C(=O)[C@H](CCc2ccc(C(F)(F)F)c(Cl)c2)NC(=O)CN(C)C(=O)[C@H](Cc2ccc(C)cc2)N(C)C(=O)[C@@H]2CCN2C(=O)[C@@H](C)N(C)C1=O. The monoisotopic (exact) mass is 1470 g/mol. The highest BCUT2D eigenvalue weighted by Gasteiger charge is 2.51. The number of carbonyl (C=O) groups excluding carboxylic acids is 12. The molecule has 3 heterocycles. The lowest BCUT2D eigenvalue weighted by atomic mass is 9.90. The van der Waals surface area contributed by atoms with Gasteiger partial charge in [-0.1, -0.05) is 131 Å². The number of carbonyl (C=O) groups is 12. The number of rotatable bonds is 12. The second kappa shape index (κ2) is 35.9. The normalized spacial score (nSPS) is 25.7. The van der Waals surface area contributed by atoms with Gasteiger partial charge in [-0.05, 0) is 113 Å². The molecule has 3 aromatic rings. The van der Waals surface area contributed by atoms with Crippen molar-refractivity contribution < 1.29 is 70.7 Å². The number of hydrogen-bond acceptors (Lipinski definition) is 12. The van der Waals surface area contributed by atoms with Gasteiger partial charge in [-0.2, -0.15) is 13.2 Å². The van der Waals surface area contributed by atoms with E-state index in [-0.39, 0.29) is 57.1 Å². The number of likely N-dealkylation sites (tertiary alicyclic amines) is 1. The first kappa shape index (κ1) is 82.7. The van der Waals surface area contributed by atoms with Crippen LogP contribution in [0, 0.1) is 18.8 Å². The van der Waals surface area contributed by atoms with Crippen molar-refractivity contribution in [1.82, 2.24) is 60.0 Å². The predicted molar refractivity (Wildman–Crippen MR) is 385 cm³/mol. The fourth-order valence-corrected chi connectivity index (χ4v) is 14.6. The van der Waals surface area contributed by atoms with Crippen LogP contribution in [-0.4, -0.2) is 250 Å². The van der Waals surface area contributed by atoms with E-state index < -0.39 is 172 Å². The number of benzene rings is 3. The number of piperidine rings is 1. The summed E-state index contributed by atoms with van der Waals surface area (Å²) in [6.07, 6.45) is -1.77. The summed E-state index contributed by atoms with van der Waals surface area (Å²) in [5.74, 6) is -9.48. The molecule has 7 rings (SSSR count). The molecule has 104 heavy (non-hydrogen) atoms. The van der Waals surface area contributed by atoms with Crippen LogP contribution in [0.25, 0.3) is 0 Å². The first-order chi connectivity index (χ1) is 49.0. The molecule has 1 saturated carbocycles. The number of hydrogen-bond donors (Lipinski definition) is 3. The Morgan fingerprint density at radius 1 is 0.606 bits per heavy atom. The van der Waals surface area contributed by atoms with Gasteiger partial charge in [0.25, 0.3) is 0 Å². The fourth-order valence-electron chi connectivity index (χ4n) is 14.3. The Hall–Kier alpha value is -8.62. The minimum Gasteiger partial charge on any atom is -0.343 e. The van der Waals surface area contributed by atoms with Gasteiger partial charge in [-0.3, -0.25) is 57.5 Å². The van der Waals surface area contributed by atoms with Crippen molar-refractivity contribution in [2.75, 3.05) is 75.5 Å². The van der Waals surface area contributed by atoms with E-state index in [9.17, 15) is 46.7 Å². The molecule has 4 aliphatic rings. The van der Waals surface area contributed by atoms with Crippen molar-refractivity contribution in [3.8, 4) is 0 Å². The van der Waals surface area contributed by atoms with Crippen molar-refractivity contribution in [2.45, 2.75) is 211 Å². The van der Waals surface area contributed by atoms with E-state index in [0.717, 1.165) is 38.8 Å². The van der Waals surface area contributed by atoms with Crippen LogP contribution in [0.5, 0.6) is 0 Å². The number of fused-ring (bicyclic) bond motifs is 1. The molecule has 570 valence electrons. The van der Waals surface area contributed by atoms with Crippen LogP contribution in [0.4, 0.5) is 13.2 Å². The number of likely N-dealkylation sites (N-methyl/N-ethyl adjacent to an activating group) is 7. The van der Waals surface area contributed by atoms with Gasteiger partial charge < -0.3 is 60.0 Å². The van der Waals surface area contributed by atoms with Crippen molar-refractivity contribution in [3.05, 3.63) is 106 Å². The van der Waals surface area contributed by atoms with E-state index in [1.54, 1.807) is 61.2 Å². The predicted octanol–water partition coefficient (Wildman–Crippen LogP) is 6.05. The lowest BCUT2D eigenvalue weighted by Crippen LogP contribution is -2.65. The van der Waals surface area contributed by atoms with E-state index in [1.807, 2.05) is 32.9 Å². The number of amides is 12. The second-order valence-electron chi connectivity index (χ2n) is 29.1. The molecular formula is C76H106ClF3N12O12. The summed E-state index contributed by atoms with van der Waals surface area (Å²) >= 11 is 6.20. The summed E-state index contributed by atoms with van der Waals surface area (Å²) < 4.78 is 41.9. The average molecular weight is 1470 g/mol.